The van der Waals surface area contributed by atoms with E-state index in [9.17, 15) is 13.2 Å². The Morgan fingerprint density at radius 2 is 2.00 bits per heavy atom. The van der Waals surface area contributed by atoms with Gasteiger partial charge in [-0.3, -0.25) is 0 Å². The number of carbonyl (C=O) groups excluding carboxylic acids is 1. The topological polar surface area (TPSA) is 72.5 Å². The predicted octanol–water partition coefficient (Wildman–Crippen LogP) is 1.51. The van der Waals surface area contributed by atoms with Gasteiger partial charge in [0.2, 0.25) is 0 Å². The molecule has 0 aromatic heterocycles. The van der Waals surface area contributed by atoms with Crippen LogP contribution in [-0.2, 0) is 21.2 Å². The van der Waals surface area contributed by atoms with Gasteiger partial charge in [-0.2, -0.15) is 0 Å². The lowest BCUT2D eigenvalue weighted by atomic mass is 10.2. The van der Waals surface area contributed by atoms with E-state index in [0.717, 1.165) is 11.3 Å². The highest BCUT2D eigenvalue weighted by molar-refractivity contribution is 7.93. The monoisotopic (exact) mass is 270 g/mol. The molecule has 5 nitrogen and oxygen atoms in total. The minimum absolute atomic E-state index is 0.0420. The molecule has 0 unspecified atom stereocenters. The molecule has 0 spiro atoms. The Bertz CT molecular complexity index is 470. The Labute approximate surface area is 107 Å². The largest absolute Gasteiger partial charge is 0.445 e. The number of benzene rings is 1. The van der Waals surface area contributed by atoms with Gasteiger partial charge in [-0.25, -0.2) is 13.2 Å². The number of amides is 1. The number of rotatable bonds is 6. The number of alkyl carbamates (subject to hydrolysis) is 1. The smallest absolute Gasteiger partial charge is 0.407 e. The van der Waals surface area contributed by atoms with Crippen molar-refractivity contribution in [2.75, 3.05) is 12.3 Å². The van der Waals surface area contributed by atoms with Crippen molar-refractivity contribution in [1.82, 2.24) is 5.32 Å². The summed E-state index contributed by atoms with van der Waals surface area (Å²) < 4.78 is 27.1. The molecular weight excluding hydrogens is 254 g/mol. The van der Waals surface area contributed by atoms with E-state index >= 15 is 0 Å². The van der Waals surface area contributed by atoms with Crippen molar-refractivity contribution < 1.29 is 17.9 Å². The average Bonchev–Trinajstić information content (AvgIpc) is 2.37. The molecule has 1 N–H and O–H groups in total. The molecule has 0 bridgehead atoms. The molecule has 1 aromatic rings. The van der Waals surface area contributed by atoms with Gasteiger partial charge >= 0.3 is 6.09 Å². The fraction of sp³-hybridized carbons (Fsp3) is 0.333. The van der Waals surface area contributed by atoms with Gasteiger partial charge in [0.05, 0.1) is 11.5 Å². The summed E-state index contributed by atoms with van der Waals surface area (Å²) in [6.45, 7) is 1.66. The molecule has 1 amide bonds. The van der Waals surface area contributed by atoms with E-state index in [2.05, 4.69) is 5.32 Å². The summed E-state index contributed by atoms with van der Waals surface area (Å²) in [6.07, 6.45) is -0.620. The first-order chi connectivity index (χ1) is 8.53. The molecule has 0 heterocycles. The lowest BCUT2D eigenvalue weighted by molar-refractivity contribution is 0.140. The molecule has 0 aliphatic heterocycles. The molecule has 6 heteroatoms. The highest BCUT2D eigenvalue weighted by Gasteiger charge is 2.09. The minimum atomic E-state index is -3.18. The van der Waals surface area contributed by atoms with Crippen LogP contribution in [0.25, 0.3) is 0 Å². The second-order valence-electron chi connectivity index (χ2n) is 3.59. The third-order valence-corrected chi connectivity index (χ3v) is 3.72. The molecule has 18 heavy (non-hydrogen) atoms. The molecule has 1 aromatic carbocycles. The number of carbonyl (C=O) groups is 1. The average molecular weight is 270 g/mol. The Balaban J connectivity index is 2.23. The maximum Gasteiger partial charge on any atom is 0.407 e. The van der Waals surface area contributed by atoms with Crippen molar-refractivity contribution in [3.8, 4) is 0 Å². The highest BCUT2D eigenvalue weighted by Crippen LogP contribution is 2.00. The molecule has 0 saturated carbocycles. The predicted molar refractivity (Wildman–Crippen MR) is 68.4 cm³/mol. The first kappa shape index (κ1) is 14.5. The zero-order valence-electron chi connectivity index (χ0n) is 10.1. The summed E-state index contributed by atoms with van der Waals surface area (Å²) in [7, 11) is -3.18. The van der Waals surface area contributed by atoms with Crippen LogP contribution in [0.3, 0.4) is 0 Å². The van der Waals surface area contributed by atoms with E-state index in [1.54, 1.807) is 0 Å². The fourth-order valence-corrected chi connectivity index (χ4v) is 1.81. The molecule has 0 atom stereocenters. The molecule has 1 radical (unpaired) electrons. The van der Waals surface area contributed by atoms with Crippen LogP contribution >= 0.6 is 0 Å². The van der Waals surface area contributed by atoms with Crippen molar-refractivity contribution in [3.05, 3.63) is 41.6 Å². The summed E-state index contributed by atoms with van der Waals surface area (Å²) in [5.74, 6) is 0.994. The Kier molecular flexibility index (Phi) is 5.64. The second kappa shape index (κ2) is 7.00. The SMILES string of the molecule is C[CH]S(=O)(=O)CCNC(=O)OCc1ccccc1. The van der Waals surface area contributed by atoms with E-state index < -0.39 is 15.9 Å². The van der Waals surface area contributed by atoms with Crippen LogP contribution in [-0.4, -0.2) is 26.8 Å². The van der Waals surface area contributed by atoms with Crippen molar-refractivity contribution in [2.24, 2.45) is 0 Å². The molecule has 99 valence electrons. The summed E-state index contributed by atoms with van der Waals surface area (Å²) in [5, 5.41) is 2.38. The van der Waals surface area contributed by atoms with Gasteiger partial charge in [0.1, 0.15) is 6.61 Å². The maximum absolute atomic E-state index is 11.3. The maximum atomic E-state index is 11.3. The number of nitrogens with one attached hydrogen (secondary N) is 1. The van der Waals surface area contributed by atoms with Crippen molar-refractivity contribution >= 4 is 15.9 Å². The van der Waals surface area contributed by atoms with Crippen LogP contribution in [0.4, 0.5) is 4.79 Å². The van der Waals surface area contributed by atoms with E-state index in [1.807, 2.05) is 30.3 Å². The third-order valence-electron chi connectivity index (χ3n) is 2.23. The van der Waals surface area contributed by atoms with E-state index in [0.29, 0.717) is 0 Å². The summed E-state index contributed by atoms with van der Waals surface area (Å²) in [5.41, 5.74) is 0.877. The van der Waals surface area contributed by atoms with Crippen LogP contribution in [0, 0.1) is 5.75 Å². The van der Waals surface area contributed by atoms with E-state index in [-0.39, 0.29) is 18.9 Å². The first-order valence-electron chi connectivity index (χ1n) is 5.50. The highest BCUT2D eigenvalue weighted by atomic mass is 32.2. The number of ether oxygens (including phenoxy) is 1. The summed E-state index contributed by atoms with van der Waals surface area (Å²) >= 11 is 0. The summed E-state index contributed by atoms with van der Waals surface area (Å²) in [4.78, 5) is 11.3. The van der Waals surface area contributed by atoms with Crippen molar-refractivity contribution in [2.45, 2.75) is 13.5 Å². The van der Waals surface area contributed by atoms with Gasteiger partial charge in [-0.15, -0.1) is 0 Å². The number of hydrogen-bond acceptors (Lipinski definition) is 4. The Hall–Kier alpha value is -1.56. The van der Waals surface area contributed by atoms with Gasteiger partial charge in [-0.05, 0) is 12.5 Å². The van der Waals surface area contributed by atoms with E-state index in [4.69, 9.17) is 4.74 Å². The van der Waals surface area contributed by atoms with Gasteiger partial charge in [-0.1, -0.05) is 30.3 Å². The normalized spacial score (nSPS) is 10.9. The lowest BCUT2D eigenvalue weighted by Gasteiger charge is -2.06. The van der Waals surface area contributed by atoms with Gasteiger partial charge in [0, 0.05) is 6.54 Å². The van der Waals surface area contributed by atoms with Crippen molar-refractivity contribution in [3.63, 3.8) is 0 Å². The summed E-state index contributed by atoms with van der Waals surface area (Å²) in [6, 6.07) is 9.24. The lowest BCUT2D eigenvalue weighted by Crippen LogP contribution is -2.29. The first-order valence-corrected chi connectivity index (χ1v) is 7.22. The molecule has 0 aliphatic rings. The zero-order valence-corrected chi connectivity index (χ0v) is 10.9. The Morgan fingerprint density at radius 3 is 2.61 bits per heavy atom. The quantitative estimate of drug-likeness (QED) is 0.850. The number of hydrogen-bond donors (Lipinski definition) is 1. The van der Waals surface area contributed by atoms with Crippen LogP contribution < -0.4 is 5.32 Å². The molecule has 0 saturated heterocycles. The molecule has 0 fully saturated rings. The standard InChI is InChI=1S/C12H16NO4S/c1-2-18(15,16)9-8-13-12(14)17-10-11-6-4-3-5-7-11/h2-7H,8-10H2,1H3,(H,13,14). The van der Waals surface area contributed by atoms with Crippen LogP contribution in [0.1, 0.15) is 12.5 Å². The minimum Gasteiger partial charge on any atom is -0.445 e. The number of sulfone groups is 1. The Morgan fingerprint density at radius 1 is 1.33 bits per heavy atom. The van der Waals surface area contributed by atoms with Gasteiger partial charge in [0.25, 0.3) is 0 Å². The zero-order chi connectivity index (χ0) is 13.4. The molecular formula is C12H16NO4S. The fourth-order valence-electron chi connectivity index (χ4n) is 1.19. The second-order valence-corrected chi connectivity index (χ2v) is 5.80. The van der Waals surface area contributed by atoms with Gasteiger partial charge < -0.3 is 10.1 Å². The molecule has 0 aliphatic carbocycles. The van der Waals surface area contributed by atoms with E-state index in [1.165, 1.54) is 6.92 Å². The van der Waals surface area contributed by atoms with Crippen LogP contribution in [0.2, 0.25) is 0 Å². The third kappa shape index (κ3) is 5.67. The molecule has 1 rings (SSSR count). The van der Waals surface area contributed by atoms with Gasteiger partial charge in [0.15, 0.2) is 9.84 Å². The van der Waals surface area contributed by atoms with Crippen molar-refractivity contribution in [1.29, 1.82) is 0 Å². The van der Waals surface area contributed by atoms with Crippen LogP contribution in [0.5, 0.6) is 0 Å². The van der Waals surface area contributed by atoms with Crippen LogP contribution in [0.15, 0.2) is 30.3 Å².